The number of benzene rings is 1. The number of hydrogen-bond donors (Lipinski definition) is 0. The molecule has 1 aliphatic rings. The summed E-state index contributed by atoms with van der Waals surface area (Å²) in [4.78, 5) is 0. The zero-order chi connectivity index (χ0) is 11.1. The van der Waals surface area contributed by atoms with E-state index < -0.39 is 0 Å². The second kappa shape index (κ2) is 3.44. The van der Waals surface area contributed by atoms with E-state index in [9.17, 15) is 0 Å². The van der Waals surface area contributed by atoms with Gasteiger partial charge in [-0.1, -0.05) is 26.8 Å². The molecular formula is C13H18O2. The van der Waals surface area contributed by atoms with Gasteiger partial charge in [-0.25, -0.2) is 0 Å². The Morgan fingerprint density at radius 3 is 2.40 bits per heavy atom. The van der Waals surface area contributed by atoms with Crippen molar-refractivity contribution < 1.29 is 9.47 Å². The minimum atomic E-state index is 0.153. The molecule has 0 saturated carbocycles. The molecule has 0 unspecified atom stereocenters. The Morgan fingerprint density at radius 2 is 1.73 bits per heavy atom. The molecule has 0 N–H and O–H groups in total. The van der Waals surface area contributed by atoms with Crippen molar-refractivity contribution in [3.63, 3.8) is 0 Å². The van der Waals surface area contributed by atoms with Gasteiger partial charge in [0.25, 0.3) is 0 Å². The van der Waals surface area contributed by atoms with Crippen molar-refractivity contribution in [2.45, 2.75) is 33.1 Å². The Morgan fingerprint density at radius 1 is 1.07 bits per heavy atom. The summed E-state index contributed by atoms with van der Waals surface area (Å²) in [6.07, 6.45) is 0. The van der Waals surface area contributed by atoms with Crippen LogP contribution in [-0.2, 0) is 5.41 Å². The summed E-state index contributed by atoms with van der Waals surface area (Å²) < 4.78 is 11.2. The van der Waals surface area contributed by atoms with Crippen molar-refractivity contribution in [3.05, 3.63) is 23.3 Å². The summed E-state index contributed by atoms with van der Waals surface area (Å²) in [7, 11) is 0. The summed E-state index contributed by atoms with van der Waals surface area (Å²) in [5.74, 6) is 1.81. The third-order valence-electron chi connectivity index (χ3n) is 2.69. The fourth-order valence-corrected chi connectivity index (χ4v) is 1.76. The van der Waals surface area contributed by atoms with E-state index in [0.717, 1.165) is 17.1 Å². The molecular weight excluding hydrogens is 188 g/mol. The number of hydrogen-bond acceptors (Lipinski definition) is 2. The van der Waals surface area contributed by atoms with Crippen molar-refractivity contribution in [2.75, 3.05) is 13.2 Å². The van der Waals surface area contributed by atoms with Crippen LogP contribution < -0.4 is 9.47 Å². The van der Waals surface area contributed by atoms with Crippen LogP contribution in [0.25, 0.3) is 0 Å². The van der Waals surface area contributed by atoms with Crippen LogP contribution in [0.4, 0.5) is 0 Å². The molecule has 0 amide bonds. The van der Waals surface area contributed by atoms with Gasteiger partial charge in [0, 0.05) is 0 Å². The average molecular weight is 206 g/mol. The Hall–Kier alpha value is -1.18. The Kier molecular flexibility index (Phi) is 2.37. The molecule has 0 atom stereocenters. The van der Waals surface area contributed by atoms with E-state index in [1.807, 2.05) is 0 Å². The van der Waals surface area contributed by atoms with Crippen LogP contribution in [0.5, 0.6) is 11.5 Å². The first-order valence-corrected chi connectivity index (χ1v) is 5.39. The average Bonchev–Trinajstić information content (AvgIpc) is 2.16. The highest BCUT2D eigenvalue weighted by Gasteiger charge is 2.20. The van der Waals surface area contributed by atoms with Gasteiger partial charge in [0.05, 0.1) is 0 Å². The molecule has 0 saturated heterocycles. The van der Waals surface area contributed by atoms with Crippen LogP contribution in [0, 0.1) is 6.92 Å². The van der Waals surface area contributed by atoms with Crippen molar-refractivity contribution in [1.29, 1.82) is 0 Å². The smallest absolute Gasteiger partial charge is 0.164 e. The van der Waals surface area contributed by atoms with Gasteiger partial charge in [-0.2, -0.15) is 0 Å². The zero-order valence-electron chi connectivity index (χ0n) is 9.89. The summed E-state index contributed by atoms with van der Waals surface area (Å²) in [5, 5.41) is 0. The van der Waals surface area contributed by atoms with Gasteiger partial charge in [-0.15, -0.1) is 0 Å². The molecule has 1 aromatic rings. The highest BCUT2D eigenvalue weighted by molar-refractivity contribution is 5.51. The van der Waals surface area contributed by atoms with E-state index in [0.29, 0.717) is 13.2 Å². The zero-order valence-corrected chi connectivity index (χ0v) is 9.89. The van der Waals surface area contributed by atoms with Gasteiger partial charge in [0.2, 0.25) is 0 Å². The third-order valence-corrected chi connectivity index (χ3v) is 2.69. The lowest BCUT2D eigenvalue weighted by atomic mass is 9.86. The first-order chi connectivity index (χ1) is 6.98. The summed E-state index contributed by atoms with van der Waals surface area (Å²) in [6, 6.07) is 4.29. The molecule has 0 spiro atoms. The molecule has 1 aromatic carbocycles. The predicted octanol–water partition coefficient (Wildman–Crippen LogP) is 3.06. The fraction of sp³-hybridized carbons (Fsp3) is 0.538. The molecule has 0 aliphatic carbocycles. The highest BCUT2D eigenvalue weighted by Crippen LogP contribution is 2.37. The second-order valence-corrected chi connectivity index (χ2v) is 5.07. The maximum atomic E-state index is 5.62. The molecule has 0 fully saturated rings. The molecule has 2 nitrogen and oxygen atoms in total. The van der Waals surface area contributed by atoms with Crippen LogP contribution in [0.15, 0.2) is 12.1 Å². The Balaban J connectivity index is 2.50. The Bertz CT molecular complexity index is 375. The van der Waals surface area contributed by atoms with Crippen molar-refractivity contribution >= 4 is 0 Å². The monoisotopic (exact) mass is 206 g/mol. The lowest BCUT2D eigenvalue weighted by Gasteiger charge is -2.25. The number of ether oxygens (including phenoxy) is 2. The summed E-state index contributed by atoms with van der Waals surface area (Å²) >= 11 is 0. The Labute approximate surface area is 91.2 Å². The lowest BCUT2D eigenvalue weighted by Crippen LogP contribution is -2.18. The van der Waals surface area contributed by atoms with Gasteiger partial charge in [0.15, 0.2) is 11.5 Å². The van der Waals surface area contributed by atoms with Crippen molar-refractivity contribution in [1.82, 2.24) is 0 Å². The molecule has 0 aromatic heterocycles. The molecule has 2 rings (SSSR count). The second-order valence-electron chi connectivity index (χ2n) is 5.07. The van der Waals surface area contributed by atoms with Crippen LogP contribution in [0.3, 0.4) is 0 Å². The molecule has 82 valence electrons. The molecule has 0 bridgehead atoms. The molecule has 2 heteroatoms. The topological polar surface area (TPSA) is 18.5 Å². The third kappa shape index (κ3) is 1.94. The predicted molar refractivity (Wildman–Crippen MR) is 60.9 cm³/mol. The fourth-order valence-electron chi connectivity index (χ4n) is 1.76. The summed E-state index contributed by atoms with van der Waals surface area (Å²) in [5.41, 5.74) is 2.61. The van der Waals surface area contributed by atoms with E-state index >= 15 is 0 Å². The van der Waals surface area contributed by atoms with Crippen molar-refractivity contribution in [3.8, 4) is 11.5 Å². The SMILES string of the molecule is Cc1cc(C(C)(C)C)cc2c1OCCO2. The number of rotatable bonds is 0. The standard InChI is InChI=1S/C13H18O2/c1-9-7-10(13(2,3)4)8-11-12(9)15-6-5-14-11/h7-8H,5-6H2,1-4H3. The van der Waals surface area contributed by atoms with E-state index in [1.54, 1.807) is 0 Å². The minimum absolute atomic E-state index is 0.153. The molecule has 1 heterocycles. The molecule has 15 heavy (non-hydrogen) atoms. The quantitative estimate of drug-likeness (QED) is 0.649. The molecule has 1 aliphatic heterocycles. The van der Waals surface area contributed by atoms with E-state index in [1.165, 1.54) is 5.56 Å². The molecule has 0 radical (unpaired) electrons. The first-order valence-electron chi connectivity index (χ1n) is 5.39. The van der Waals surface area contributed by atoms with E-state index in [4.69, 9.17) is 9.47 Å². The van der Waals surface area contributed by atoms with Gasteiger partial charge in [-0.05, 0) is 29.5 Å². The number of fused-ring (bicyclic) bond motifs is 1. The van der Waals surface area contributed by atoms with Gasteiger partial charge in [0.1, 0.15) is 13.2 Å². The van der Waals surface area contributed by atoms with Gasteiger partial charge >= 0.3 is 0 Å². The van der Waals surface area contributed by atoms with Gasteiger partial charge in [-0.3, -0.25) is 0 Å². The van der Waals surface area contributed by atoms with Crippen LogP contribution in [0.1, 0.15) is 31.9 Å². The van der Waals surface area contributed by atoms with Crippen molar-refractivity contribution in [2.24, 2.45) is 0 Å². The maximum Gasteiger partial charge on any atom is 0.164 e. The van der Waals surface area contributed by atoms with E-state index in [2.05, 4.69) is 39.8 Å². The first kappa shape index (κ1) is 10.3. The maximum absolute atomic E-state index is 5.62. The van der Waals surface area contributed by atoms with Gasteiger partial charge < -0.3 is 9.47 Å². The summed E-state index contributed by atoms with van der Waals surface area (Å²) in [6.45, 7) is 10.00. The highest BCUT2D eigenvalue weighted by atomic mass is 16.6. The number of aryl methyl sites for hydroxylation is 1. The van der Waals surface area contributed by atoms with Crippen LogP contribution in [0.2, 0.25) is 0 Å². The largest absolute Gasteiger partial charge is 0.486 e. The normalized spacial score (nSPS) is 15.2. The van der Waals surface area contributed by atoms with E-state index in [-0.39, 0.29) is 5.41 Å². The van der Waals surface area contributed by atoms with Crippen LogP contribution in [-0.4, -0.2) is 13.2 Å². The minimum Gasteiger partial charge on any atom is -0.486 e. The van der Waals surface area contributed by atoms with Crippen LogP contribution >= 0.6 is 0 Å². The lowest BCUT2D eigenvalue weighted by molar-refractivity contribution is 0.170.